The van der Waals surface area contributed by atoms with Crippen molar-refractivity contribution in [3.8, 4) is 0 Å². The van der Waals surface area contributed by atoms with Crippen molar-refractivity contribution in [1.29, 1.82) is 0 Å². The van der Waals surface area contributed by atoms with Crippen molar-refractivity contribution < 1.29 is 9.95 Å². The summed E-state index contributed by atoms with van der Waals surface area (Å²) in [6.07, 6.45) is 0. The Morgan fingerprint density at radius 3 is 2.29 bits per heavy atom. The number of nitrogens with zero attached hydrogens (tertiary/aromatic N) is 3. The minimum Gasteiger partial charge on any atom is -0.284 e. The van der Waals surface area contributed by atoms with Gasteiger partial charge in [-0.15, -0.1) is 0 Å². The van der Waals surface area contributed by atoms with Gasteiger partial charge in [0.2, 0.25) is 0 Å². The SMILES string of the molecule is CN(C)C(N(C)C)=S1C=[N+](O)c2ccccc21. The number of fused-ring (bicyclic) bond motifs is 1. The maximum Gasteiger partial charge on any atom is 0.271 e. The maximum atomic E-state index is 9.90. The second kappa shape index (κ2) is 4.60. The highest BCUT2D eigenvalue weighted by molar-refractivity contribution is 8.27. The third kappa shape index (κ3) is 2.13. The molecule has 1 N–H and O–H groups in total. The molecule has 0 aromatic heterocycles. The Bertz CT molecular complexity index is 496. The molecular formula is C12H18N3OS+. The van der Waals surface area contributed by atoms with E-state index in [0.29, 0.717) is 0 Å². The lowest BCUT2D eigenvalue weighted by atomic mass is 10.3. The summed E-state index contributed by atoms with van der Waals surface area (Å²) in [6.45, 7) is 0. The maximum absolute atomic E-state index is 9.90. The molecule has 0 spiro atoms. The van der Waals surface area contributed by atoms with E-state index in [9.17, 15) is 5.21 Å². The van der Waals surface area contributed by atoms with E-state index in [1.54, 1.807) is 0 Å². The Labute approximate surface area is 104 Å². The van der Waals surface area contributed by atoms with Crippen molar-refractivity contribution in [2.75, 3.05) is 28.2 Å². The van der Waals surface area contributed by atoms with Crippen LogP contribution in [0.4, 0.5) is 5.69 Å². The van der Waals surface area contributed by atoms with E-state index >= 15 is 0 Å². The Kier molecular flexibility index (Phi) is 3.33. The van der Waals surface area contributed by atoms with Crippen LogP contribution in [0.5, 0.6) is 0 Å². The number of rotatable bonds is 0. The molecule has 0 bridgehead atoms. The summed E-state index contributed by atoms with van der Waals surface area (Å²) in [5, 5.41) is 11.1. The molecule has 2 rings (SSSR count). The van der Waals surface area contributed by atoms with Crippen LogP contribution in [0.3, 0.4) is 0 Å². The predicted octanol–water partition coefficient (Wildman–Crippen LogP) is 1.60. The van der Waals surface area contributed by atoms with Gasteiger partial charge in [-0.25, -0.2) is 0 Å². The average molecular weight is 252 g/mol. The molecule has 1 aliphatic rings. The Hall–Kier alpha value is -1.17. The van der Waals surface area contributed by atoms with Crippen LogP contribution in [-0.2, 0) is 0 Å². The first-order valence-electron chi connectivity index (χ1n) is 5.39. The zero-order chi connectivity index (χ0) is 12.6. The predicted molar refractivity (Wildman–Crippen MR) is 72.5 cm³/mol. The second-order valence-electron chi connectivity index (χ2n) is 4.33. The smallest absolute Gasteiger partial charge is 0.271 e. The van der Waals surface area contributed by atoms with Gasteiger partial charge in [-0.05, 0) is 44.7 Å². The third-order valence-electron chi connectivity index (χ3n) is 2.52. The summed E-state index contributed by atoms with van der Waals surface area (Å²) in [7, 11) is 7.90. The Morgan fingerprint density at radius 1 is 1.12 bits per heavy atom. The van der Waals surface area contributed by atoms with Crippen LogP contribution in [0.1, 0.15) is 0 Å². The van der Waals surface area contributed by atoms with Gasteiger partial charge >= 0.3 is 0 Å². The van der Waals surface area contributed by atoms with Gasteiger partial charge in [0.1, 0.15) is 5.11 Å². The zero-order valence-electron chi connectivity index (χ0n) is 10.6. The van der Waals surface area contributed by atoms with E-state index < -0.39 is 0 Å². The fourth-order valence-corrected chi connectivity index (χ4v) is 4.10. The van der Waals surface area contributed by atoms with Gasteiger partial charge in [-0.1, -0.05) is 12.1 Å². The zero-order valence-corrected chi connectivity index (χ0v) is 11.4. The summed E-state index contributed by atoms with van der Waals surface area (Å²) in [5.74, 6) is 0. The first-order valence-corrected chi connectivity index (χ1v) is 6.68. The summed E-state index contributed by atoms with van der Waals surface area (Å²) >= 11 is 0. The molecule has 0 fully saturated rings. The van der Waals surface area contributed by atoms with Crippen LogP contribution in [0.2, 0.25) is 0 Å². The van der Waals surface area contributed by atoms with Crippen LogP contribution in [0.25, 0.3) is 0 Å². The van der Waals surface area contributed by atoms with Crippen molar-refractivity contribution in [2.45, 2.75) is 4.90 Å². The van der Waals surface area contributed by atoms with Gasteiger partial charge in [-0.2, -0.15) is 0 Å². The first-order chi connectivity index (χ1) is 8.02. The van der Waals surface area contributed by atoms with Crippen LogP contribution in [-0.4, -0.2) is 58.6 Å². The van der Waals surface area contributed by atoms with Crippen molar-refractivity contribution in [3.05, 3.63) is 24.3 Å². The molecule has 1 unspecified atom stereocenters. The van der Waals surface area contributed by atoms with Gasteiger partial charge in [0.15, 0.2) is 0 Å². The van der Waals surface area contributed by atoms with Gasteiger partial charge in [0.05, 0.1) is 4.90 Å². The lowest BCUT2D eigenvalue weighted by Crippen LogP contribution is -2.35. The lowest BCUT2D eigenvalue weighted by molar-refractivity contribution is -0.708. The fraction of sp³-hybridized carbons (Fsp3) is 0.333. The van der Waals surface area contributed by atoms with Gasteiger partial charge in [0.25, 0.3) is 11.2 Å². The van der Waals surface area contributed by atoms with E-state index in [-0.39, 0.29) is 10.5 Å². The Morgan fingerprint density at radius 2 is 1.71 bits per heavy atom. The lowest BCUT2D eigenvalue weighted by Gasteiger charge is -2.22. The quantitative estimate of drug-likeness (QED) is 0.432. The molecule has 0 aliphatic carbocycles. The molecule has 0 radical (unpaired) electrons. The van der Waals surface area contributed by atoms with Crippen LogP contribution in [0, 0.1) is 0 Å². The van der Waals surface area contributed by atoms with Crippen LogP contribution in [0.15, 0.2) is 29.2 Å². The van der Waals surface area contributed by atoms with Crippen molar-refractivity contribution in [2.24, 2.45) is 0 Å². The number of hydrogen-bond donors (Lipinski definition) is 1. The van der Waals surface area contributed by atoms with E-state index in [1.807, 2.05) is 51.9 Å². The van der Waals surface area contributed by atoms with Crippen molar-refractivity contribution in [1.82, 2.24) is 9.80 Å². The summed E-state index contributed by atoms with van der Waals surface area (Å²) in [4.78, 5) is 5.35. The van der Waals surface area contributed by atoms with E-state index in [1.165, 1.54) is 9.85 Å². The Balaban J connectivity index is 2.66. The minimum atomic E-state index is -0.211. The molecule has 0 saturated carbocycles. The van der Waals surface area contributed by atoms with E-state index in [4.69, 9.17) is 0 Å². The molecular weight excluding hydrogens is 234 g/mol. The van der Waals surface area contributed by atoms with Crippen LogP contribution >= 0.6 is 10.5 Å². The molecule has 1 heterocycles. The van der Waals surface area contributed by atoms with Gasteiger partial charge < -0.3 is 0 Å². The summed E-state index contributed by atoms with van der Waals surface area (Å²) in [5.41, 5.74) is 2.73. The number of hydrogen-bond acceptors (Lipinski definition) is 1. The highest BCUT2D eigenvalue weighted by Gasteiger charge is 2.28. The molecule has 4 nitrogen and oxygen atoms in total. The second-order valence-corrected chi connectivity index (χ2v) is 6.02. The van der Waals surface area contributed by atoms with Gasteiger partial charge in [-0.3, -0.25) is 15.0 Å². The topological polar surface area (TPSA) is 29.7 Å². The molecule has 5 heteroatoms. The monoisotopic (exact) mass is 252 g/mol. The molecule has 92 valence electrons. The standard InChI is InChI=1S/C12H18N3OS/c1-13(2)12(14(3)4)17-9-15(16)10-7-5-6-8-11(10)17/h5-9,16H,1-4H3/q+1. The highest BCUT2D eigenvalue weighted by Crippen LogP contribution is 2.39. The number of benzene rings is 1. The largest absolute Gasteiger partial charge is 0.284 e. The van der Waals surface area contributed by atoms with Crippen molar-refractivity contribution in [3.63, 3.8) is 0 Å². The molecule has 1 aliphatic heterocycles. The molecule has 17 heavy (non-hydrogen) atoms. The van der Waals surface area contributed by atoms with Crippen LogP contribution < -0.4 is 0 Å². The molecule has 1 aromatic carbocycles. The summed E-state index contributed by atoms with van der Waals surface area (Å²) < 4.78 is 1.23. The van der Waals surface area contributed by atoms with E-state index in [2.05, 4.69) is 15.9 Å². The molecule has 0 saturated heterocycles. The first kappa shape index (κ1) is 12.3. The van der Waals surface area contributed by atoms with Gasteiger partial charge in [0, 0.05) is 10.8 Å². The normalized spacial score (nSPS) is 18.5. The minimum absolute atomic E-state index is 0.211. The average Bonchev–Trinajstić information content (AvgIpc) is 2.56. The fourth-order valence-electron chi connectivity index (χ4n) is 1.98. The van der Waals surface area contributed by atoms with E-state index in [0.717, 1.165) is 10.6 Å². The van der Waals surface area contributed by atoms with Crippen molar-refractivity contribution >= 4 is 26.8 Å². The highest BCUT2D eigenvalue weighted by atomic mass is 32.2. The molecule has 1 atom stereocenters. The molecule has 1 aromatic rings. The third-order valence-corrected chi connectivity index (χ3v) is 4.87. The summed E-state index contributed by atoms with van der Waals surface area (Å²) in [6, 6.07) is 7.95. The molecule has 0 amide bonds. The number of para-hydroxylation sites is 1.